The van der Waals surface area contributed by atoms with Crippen LogP contribution in [0.2, 0.25) is 0 Å². The fourth-order valence-corrected chi connectivity index (χ4v) is 2.38. The van der Waals surface area contributed by atoms with Gasteiger partial charge in [-0.2, -0.15) is 5.10 Å². The number of hydrogen-bond donors (Lipinski definition) is 2. The zero-order valence-corrected chi connectivity index (χ0v) is 10.6. The number of ether oxygens (including phenoxy) is 1. The zero-order valence-electron chi connectivity index (χ0n) is 10.6. The van der Waals surface area contributed by atoms with Crippen molar-refractivity contribution in [3.05, 3.63) is 17.5 Å². The number of aromatic nitrogens is 2. The lowest BCUT2D eigenvalue weighted by Gasteiger charge is -2.23. The molecule has 6 nitrogen and oxygen atoms in total. The molecule has 0 radical (unpaired) electrons. The fraction of sp³-hybridized carbons (Fsp3) is 0.667. The van der Waals surface area contributed by atoms with Crippen molar-refractivity contribution >= 4 is 5.97 Å². The highest BCUT2D eigenvalue weighted by Crippen LogP contribution is 2.21. The second-order valence-electron chi connectivity index (χ2n) is 4.50. The van der Waals surface area contributed by atoms with Crippen molar-refractivity contribution in [3.63, 3.8) is 0 Å². The van der Waals surface area contributed by atoms with Crippen LogP contribution in [0.5, 0.6) is 0 Å². The van der Waals surface area contributed by atoms with Crippen LogP contribution in [-0.4, -0.2) is 52.0 Å². The van der Waals surface area contributed by atoms with Crippen LogP contribution in [-0.2, 0) is 11.3 Å². The standard InChI is InChI=1S/C12H19N3O3/c1-2-18-8-10-4-3-5-15(10)7-9-6-13-14-11(9)12(16)17/h6,10H,2-5,7-8H2,1H3,(H,13,14)(H,16,17). The Hall–Kier alpha value is -1.40. The van der Waals surface area contributed by atoms with Crippen molar-refractivity contribution in [1.82, 2.24) is 15.1 Å². The molecule has 1 aliphatic rings. The number of nitrogens with zero attached hydrogens (tertiary/aromatic N) is 2. The average Bonchev–Trinajstić information content (AvgIpc) is 2.96. The third kappa shape index (κ3) is 2.88. The van der Waals surface area contributed by atoms with Gasteiger partial charge < -0.3 is 9.84 Å². The lowest BCUT2D eigenvalue weighted by molar-refractivity contribution is 0.0683. The van der Waals surface area contributed by atoms with E-state index in [0.717, 1.165) is 38.2 Å². The van der Waals surface area contributed by atoms with Crippen molar-refractivity contribution in [1.29, 1.82) is 0 Å². The molecule has 1 saturated heterocycles. The summed E-state index contributed by atoms with van der Waals surface area (Å²) in [6, 6.07) is 0.390. The molecule has 0 aliphatic carbocycles. The van der Waals surface area contributed by atoms with Crippen LogP contribution in [0, 0.1) is 0 Å². The van der Waals surface area contributed by atoms with E-state index < -0.39 is 5.97 Å². The normalized spacial score (nSPS) is 20.4. The lowest BCUT2D eigenvalue weighted by Crippen LogP contribution is -2.33. The van der Waals surface area contributed by atoms with E-state index in [9.17, 15) is 4.79 Å². The van der Waals surface area contributed by atoms with E-state index in [0.29, 0.717) is 12.6 Å². The SMILES string of the molecule is CCOCC1CCCN1Cc1cn[nH]c1C(=O)O. The van der Waals surface area contributed by atoms with E-state index in [2.05, 4.69) is 15.1 Å². The predicted octanol–water partition coefficient (Wildman–Crippen LogP) is 1.11. The number of hydrogen-bond acceptors (Lipinski definition) is 4. The van der Waals surface area contributed by atoms with Crippen LogP contribution in [0.4, 0.5) is 0 Å². The summed E-state index contributed by atoms with van der Waals surface area (Å²) in [5.74, 6) is -0.956. The highest BCUT2D eigenvalue weighted by atomic mass is 16.5. The third-order valence-corrected chi connectivity index (χ3v) is 3.32. The van der Waals surface area contributed by atoms with Crippen LogP contribution in [0.15, 0.2) is 6.20 Å². The Morgan fingerprint density at radius 3 is 3.28 bits per heavy atom. The maximum Gasteiger partial charge on any atom is 0.354 e. The molecule has 0 aromatic carbocycles. The first-order chi connectivity index (χ1) is 8.72. The smallest absolute Gasteiger partial charge is 0.354 e. The van der Waals surface area contributed by atoms with Crippen molar-refractivity contribution in [2.75, 3.05) is 19.8 Å². The number of H-pyrrole nitrogens is 1. The number of aromatic amines is 1. The van der Waals surface area contributed by atoms with Gasteiger partial charge in [-0.25, -0.2) is 4.79 Å². The number of rotatable bonds is 6. The quantitative estimate of drug-likeness (QED) is 0.794. The number of carbonyl (C=O) groups is 1. The van der Waals surface area contributed by atoms with Gasteiger partial charge in [0.05, 0.1) is 12.8 Å². The predicted molar refractivity (Wildman–Crippen MR) is 65.5 cm³/mol. The van der Waals surface area contributed by atoms with Crippen LogP contribution in [0.3, 0.4) is 0 Å². The highest BCUT2D eigenvalue weighted by Gasteiger charge is 2.26. The van der Waals surface area contributed by atoms with Gasteiger partial charge in [-0.3, -0.25) is 10.00 Å². The van der Waals surface area contributed by atoms with Crippen molar-refractivity contribution < 1.29 is 14.6 Å². The molecule has 1 aliphatic heterocycles. The van der Waals surface area contributed by atoms with Gasteiger partial charge >= 0.3 is 5.97 Å². The molecule has 1 unspecified atom stereocenters. The maximum atomic E-state index is 11.0. The molecule has 2 heterocycles. The maximum absolute atomic E-state index is 11.0. The van der Waals surface area contributed by atoms with Crippen molar-refractivity contribution in [2.24, 2.45) is 0 Å². The lowest BCUT2D eigenvalue weighted by atomic mass is 10.2. The summed E-state index contributed by atoms with van der Waals surface area (Å²) in [5, 5.41) is 15.4. The molecule has 0 bridgehead atoms. The molecule has 0 amide bonds. The van der Waals surface area contributed by atoms with Crippen LogP contribution >= 0.6 is 0 Å². The Balaban J connectivity index is 1.99. The zero-order chi connectivity index (χ0) is 13.0. The molecule has 0 saturated carbocycles. The molecule has 1 aromatic rings. The van der Waals surface area contributed by atoms with Gasteiger partial charge in [-0.1, -0.05) is 0 Å². The summed E-state index contributed by atoms with van der Waals surface area (Å²) >= 11 is 0. The minimum Gasteiger partial charge on any atom is -0.477 e. The monoisotopic (exact) mass is 253 g/mol. The molecule has 1 fully saturated rings. The Morgan fingerprint density at radius 1 is 1.72 bits per heavy atom. The van der Waals surface area contributed by atoms with Gasteiger partial charge in [0.15, 0.2) is 0 Å². The topological polar surface area (TPSA) is 78.5 Å². The molecular weight excluding hydrogens is 234 g/mol. The summed E-state index contributed by atoms with van der Waals surface area (Å²) in [7, 11) is 0. The minimum atomic E-state index is -0.956. The molecular formula is C12H19N3O3. The number of aromatic carboxylic acids is 1. The Morgan fingerprint density at radius 2 is 2.56 bits per heavy atom. The second-order valence-corrected chi connectivity index (χ2v) is 4.50. The summed E-state index contributed by atoms with van der Waals surface area (Å²) in [4.78, 5) is 13.3. The highest BCUT2D eigenvalue weighted by molar-refractivity contribution is 5.86. The van der Waals surface area contributed by atoms with Crippen molar-refractivity contribution in [3.8, 4) is 0 Å². The minimum absolute atomic E-state index is 0.192. The van der Waals surface area contributed by atoms with Crippen LogP contribution in [0.25, 0.3) is 0 Å². The Bertz CT molecular complexity index is 405. The Kier molecular flexibility index (Phi) is 4.33. The van der Waals surface area contributed by atoms with Gasteiger partial charge in [0, 0.05) is 24.8 Å². The van der Waals surface area contributed by atoms with E-state index in [4.69, 9.17) is 9.84 Å². The van der Waals surface area contributed by atoms with E-state index in [1.807, 2.05) is 6.92 Å². The third-order valence-electron chi connectivity index (χ3n) is 3.32. The number of likely N-dealkylation sites (tertiary alicyclic amines) is 1. The summed E-state index contributed by atoms with van der Waals surface area (Å²) < 4.78 is 5.46. The van der Waals surface area contributed by atoms with E-state index >= 15 is 0 Å². The second kappa shape index (κ2) is 5.97. The first kappa shape index (κ1) is 13.0. The van der Waals surface area contributed by atoms with E-state index in [1.54, 1.807) is 6.20 Å². The molecule has 1 atom stereocenters. The van der Waals surface area contributed by atoms with Crippen LogP contribution in [0.1, 0.15) is 35.8 Å². The first-order valence-electron chi connectivity index (χ1n) is 6.29. The fourth-order valence-electron chi connectivity index (χ4n) is 2.38. The first-order valence-corrected chi connectivity index (χ1v) is 6.29. The number of carboxylic acids is 1. The molecule has 0 spiro atoms. The summed E-state index contributed by atoms with van der Waals surface area (Å²) in [6.45, 7) is 5.03. The molecule has 6 heteroatoms. The van der Waals surface area contributed by atoms with Crippen LogP contribution < -0.4 is 0 Å². The summed E-state index contributed by atoms with van der Waals surface area (Å²) in [6.07, 6.45) is 3.85. The van der Waals surface area contributed by atoms with E-state index in [-0.39, 0.29) is 5.69 Å². The van der Waals surface area contributed by atoms with Gasteiger partial charge in [-0.15, -0.1) is 0 Å². The largest absolute Gasteiger partial charge is 0.477 e. The molecule has 1 aromatic heterocycles. The Labute approximate surface area is 106 Å². The molecule has 2 N–H and O–H groups in total. The molecule has 18 heavy (non-hydrogen) atoms. The average molecular weight is 253 g/mol. The number of nitrogens with one attached hydrogen (secondary N) is 1. The number of carboxylic acid groups (broad SMARTS) is 1. The van der Waals surface area contributed by atoms with Crippen molar-refractivity contribution in [2.45, 2.75) is 32.4 Å². The molecule has 100 valence electrons. The van der Waals surface area contributed by atoms with E-state index in [1.165, 1.54) is 0 Å². The van der Waals surface area contributed by atoms with Gasteiger partial charge in [0.2, 0.25) is 0 Å². The summed E-state index contributed by atoms with van der Waals surface area (Å²) in [5.41, 5.74) is 0.933. The molecule has 2 rings (SSSR count). The van der Waals surface area contributed by atoms with Gasteiger partial charge in [0.1, 0.15) is 5.69 Å². The van der Waals surface area contributed by atoms with Gasteiger partial charge in [0.25, 0.3) is 0 Å². The van der Waals surface area contributed by atoms with Gasteiger partial charge in [-0.05, 0) is 26.3 Å².